The second kappa shape index (κ2) is 6.96. The summed E-state index contributed by atoms with van der Waals surface area (Å²) in [5.74, 6) is -0.0303. The van der Waals surface area contributed by atoms with E-state index in [1.54, 1.807) is 6.07 Å². The van der Waals surface area contributed by atoms with Crippen molar-refractivity contribution in [3.05, 3.63) is 35.0 Å². The summed E-state index contributed by atoms with van der Waals surface area (Å²) in [6.07, 6.45) is 3.81. The standard InChI is InChI=1S/C16H21ClN2O2/c1-3-4-11(2)18-16(21)9-19-8-12(10-20)14-6-5-13(17)7-15(14)19/h5-8,11,20H,3-4,9-10H2,1-2H3,(H,18,21). The van der Waals surface area contributed by atoms with Crippen LogP contribution >= 0.6 is 11.6 Å². The summed E-state index contributed by atoms with van der Waals surface area (Å²) in [6, 6.07) is 5.65. The highest BCUT2D eigenvalue weighted by Gasteiger charge is 2.12. The molecule has 0 fully saturated rings. The zero-order valence-corrected chi connectivity index (χ0v) is 13.2. The van der Waals surface area contributed by atoms with E-state index in [-0.39, 0.29) is 25.1 Å². The van der Waals surface area contributed by atoms with E-state index in [2.05, 4.69) is 12.2 Å². The van der Waals surface area contributed by atoms with Gasteiger partial charge in [0.2, 0.25) is 5.91 Å². The summed E-state index contributed by atoms with van der Waals surface area (Å²) in [4.78, 5) is 12.1. The average Bonchev–Trinajstić information content (AvgIpc) is 2.76. The van der Waals surface area contributed by atoms with Crippen LogP contribution in [0.2, 0.25) is 5.02 Å². The molecule has 1 aromatic carbocycles. The van der Waals surface area contributed by atoms with Crippen molar-refractivity contribution in [3.8, 4) is 0 Å². The first-order valence-electron chi connectivity index (χ1n) is 7.22. The van der Waals surface area contributed by atoms with Gasteiger partial charge in [0.15, 0.2) is 0 Å². The van der Waals surface area contributed by atoms with Gasteiger partial charge in [-0.15, -0.1) is 0 Å². The molecule has 21 heavy (non-hydrogen) atoms. The fourth-order valence-electron chi connectivity index (χ4n) is 2.58. The Morgan fingerprint density at radius 2 is 2.24 bits per heavy atom. The van der Waals surface area contributed by atoms with Crippen LogP contribution in [0.4, 0.5) is 0 Å². The number of halogens is 1. The molecule has 0 saturated heterocycles. The van der Waals surface area contributed by atoms with Gasteiger partial charge in [-0.05, 0) is 25.5 Å². The maximum Gasteiger partial charge on any atom is 0.240 e. The van der Waals surface area contributed by atoms with Gasteiger partial charge in [-0.1, -0.05) is 31.0 Å². The van der Waals surface area contributed by atoms with Gasteiger partial charge in [-0.3, -0.25) is 4.79 Å². The van der Waals surface area contributed by atoms with Gasteiger partial charge < -0.3 is 15.0 Å². The van der Waals surface area contributed by atoms with Crippen LogP contribution in [0.15, 0.2) is 24.4 Å². The van der Waals surface area contributed by atoms with Crippen LogP contribution in [-0.4, -0.2) is 21.6 Å². The number of aliphatic hydroxyl groups excluding tert-OH is 1. The summed E-state index contributed by atoms with van der Waals surface area (Å²) in [5, 5.41) is 13.9. The molecule has 1 heterocycles. The molecule has 0 aliphatic rings. The smallest absolute Gasteiger partial charge is 0.240 e. The molecule has 0 spiro atoms. The third kappa shape index (κ3) is 3.77. The molecule has 0 radical (unpaired) electrons. The molecule has 2 N–H and O–H groups in total. The second-order valence-electron chi connectivity index (χ2n) is 5.36. The number of hydrogen-bond donors (Lipinski definition) is 2. The molecule has 1 atom stereocenters. The monoisotopic (exact) mass is 308 g/mol. The van der Waals surface area contributed by atoms with Crippen molar-refractivity contribution in [2.24, 2.45) is 0 Å². The molecule has 4 nitrogen and oxygen atoms in total. The van der Waals surface area contributed by atoms with E-state index in [9.17, 15) is 9.90 Å². The zero-order chi connectivity index (χ0) is 15.4. The van der Waals surface area contributed by atoms with Crippen LogP contribution in [0.3, 0.4) is 0 Å². The zero-order valence-electron chi connectivity index (χ0n) is 12.4. The molecule has 1 aromatic heterocycles. The molecule has 0 aliphatic heterocycles. The largest absolute Gasteiger partial charge is 0.392 e. The van der Waals surface area contributed by atoms with Gasteiger partial charge in [0.25, 0.3) is 0 Å². The van der Waals surface area contributed by atoms with Crippen LogP contribution in [0, 0.1) is 0 Å². The van der Waals surface area contributed by atoms with Gasteiger partial charge in [-0.2, -0.15) is 0 Å². The van der Waals surface area contributed by atoms with E-state index in [0.29, 0.717) is 5.02 Å². The molecule has 2 aromatic rings. The summed E-state index contributed by atoms with van der Waals surface area (Å²) in [6.45, 7) is 4.27. The normalized spacial score (nSPS) is 12.6. The van der Waals surface area contributed by atoms with E-state index in [1.807, 2.05) is 29.8 Å². The Bertz CT molecular complexity index is 636. The van der Waals surface area contributed by atoms with Crippen molar-refractivity contribution in [3.63, 3.8) is 0 Å². The topological polar surface area (TPSA) is 54.3 Å². The number of hydrogen-bond acceptors (Lipinski definition) is 2. The molecular formula is C16H21ClN2O2. The van der Waals surface area contributed by atoms with Crippen LogP contribution < -0.4 is 5.32 Å². The van der Waals surface area contributed by atoms with Gasteiger partial charge in [-0.25, -0.2) is 0 Å². The molecule has 0 saturated carbocycles. The minimum Gasteiger partial charge on any atom is -0.392 e. The lowest BCUT2D eigenvalue weighted by atomic mass is 10.2. The third-order valence-corrected chi connectivity index (χ3v) is 3.78. The highest BCUT2D eigenvalue weighted by Crippen LogP contribution is 2.24. The molecule has 0 aliphatic carbocycles. The van der Waals surface area contributed by atoms with Crippen molar-refractivity contribution >= 4 is 28.4 Å². The SMILES string of the molecule is CCCC(C)NC(=O)Cn1cc(CO)c2ccc(Cl)cc21. The number of nitrogens with one attached hydrogen (secondary N) is 1. The van der Waals surface area contributed by atoms with Gasteiger partial charge in [0, 0.05) is 28.2 Å². The molecule has 1 amide bonds. The molecule has 114 valence electrons. The predicted molar refractivity (Wildman–Crippen MR) is 85.4 cm³/mol. The Labute approximate surface area is 129 Å². The number of amides is 1. The Kier molecular flexibility index (Phi) is 5.26. The molecule has 2 rings (SSSR count). The molecule has 1 unspecified atom stereocenters. The van der Waals surface area contributed by atoms with Crippen LogP contribution in [0.5, 0.6) is 0 Å². The van der Waals surface area contributed by atoms with Crippen LogP contribution in [0.25, 0.3) is 10.9 Å². The van der Waals surface area contributed by atoms with E-state index in [4.69, 9.17) is 11.6 Å². The Morgan fingerprint density at radius 1 is 1.48 bits per heavy atom. The van der Waals surface area contributed by atoms with Crippen LogP contribution in [0.1, 0.15) is 32.3 Å². The van der Waals surface area contributed by atoms with Crippen molar-refractivity contribution < 1.29 is 9.90 Å². The summed E-state index contributed by atoms with van der Waals surface area (Å²) >= 11 is 6.03. The van der Waals surface area contributed by atoms with Crippen molar-refractivity contribution in [1.82, 2.24) is 9.88 Å². The highest BCUT2D eigenvalue weighted by atomic mass is 35.5. The minimum absolute atomic E-state index is 0.0303. The lowest BCUT2D eigenvalue weighted by Gasteiger charge is -2.13. The number of aromatic nitrogens is 1. The maximum atomic E-state index is 12.1. The number of benzene rings is 1. The first-order valence-corrected chi connectivity index (χ1v) is 7.60. The third-order valence-electron chi connectivity index (χ3n) is 3.54. The Hall–Kier alpha value is -1.52. The first-order chi connectivity index (χ1) is 10.0. The summed E-state index contributed by atoms with van der Waals surface area (Å²) < 4.78 is 1.83. The predicted octanol–water partition coefficient (Wildman–Crippen LogP) is 3.09. The summed E-state index contributed by atoms with van der Waals surface area (Å²) in [5.41, 5.74) is 1.67. The number of carbonyl (C=O) groups excluding carboxylic acids is 1. The quantitative estimate of drug-likeness (QED) is 0.861. The van der Waals surface area contributed by atoms with Crippen molar-refractivity contribution in [2.45, 2.75) is 45.9 Å². The lowest BCUT2D eigenvalue weighted by Crippen LogP contribution is -2.34. The van der Waals surface area contributed by atoms with Gasteiger partial charge >= 0.3 is 0 Å². The van der Waals surface area contributed by atoms with E-state index in [1.165, 1.54) is 0 Å². The van der Waals surface area contributed by atoms with Crippen molar-refractivity contribution in [2.75, 3.05) is 0 Å². The van der Waals surface area contributed by atoms with E-state index < -0.39 is 0 Å². The molecular weight excluding hydrogens is 288 g/mol. The number of fused-ring (bicyclic) bond motifs is 1. The fourth-order valence-corrected chi connectivity index (χ4v) is 2.74. The lowest BCUT2D eigenvalue weighted by molar-refractivity contribution is -0.122. The van der Waals surface area contributed by atoms with E-state index >= 15 is 0 Å². The number of carbonyl (C=O) groups is 1. The van der Waals surface area contributed by atoms with Crippen LogP contribution in [-0.2, 0) is 17.9 Å². The molecule has 5 heteroatoms. The Balaban J connectivity index is 2.21. The Morgan fingerprint density at radius 3 is 2.90 bits per heavy atom. The number of nitrogens with zero attached hydrogens (tertiary/aromatic N) is 1. The van der Waals surface area contributed by atoms with Gasteiger partial charge in [0.1, 0.15) is 6.54 Å². The van der Waals surface area contributed by atoms with Crippen molar-refractivity contribution in [1.29, 1.82) is 0 Å². The van der Waals surface area contributed by atoms with E-state index in [0.717, 1.165) is 29.3 Å². The second-order valence-corrected chi connectivity index (χ2v) is 5.80. The summed E-state index contributed by atoms with van der Waals surface area (Å²) in [7, 11) is 0. The van der Waals surface area contributed by atoms with Gasteiger partial charge in [0.05, 0.1) is 12.1 Å². The molecule has 0 bridgehead atoms. The first kappa shape index (κ1) is 15.9. The maximum absolute atomic E-state index is 12.1. The number of aliphatic hydroxyl groups is 1. The fraction of sp³-hybridized carbons (Fsp3) is 0.438. The number of rotatable bonds is 6. The minimum atomic E-state index is -0.0566. The highest BCUT2D eigenvalue weighted by molar-refractivity contribution is 6.31. The average molecular weight is 309 g/mol.